The Morgan fingerprint density at radius 2 is 1.81 bits per heavy atom. The Morgan fingerprint density at radius 1 is 1.00 bits per heavy atom. The summed E-state index contributed by atoms with van der Waals surface area (Å²) in [6, 6.07) is 13.3. The first-order chi connectivity index (χ1) is 17.9. The number of benzene rings is 2. The van der Waals surface area contributed by atoms with E-state index in [1.807, 2.05) is 35.1 Å². The van der Waals surface area contributed by atoms with Gasteiger partial charge in [0.25, 0.3) is 0 Å². The van der Waals surface area contributed by atoms with E-state index in [-0.39, 0.29) is 12.1 Å². The summed E-state index contributed by atoms with van der Waals surface area (Å²) in [5.74, 6) is -2.08. The first-order valence-corrected chi connectivity index (χ1v) is 11.9. The summed E-state index contributed by atoms with van der Waals surface area (Å²) in [6.07, 6.45) is 9.05. The monoisotopic (exact) mass is 531 g/mol. The predicted octanol–water partition coefficient (Wildman–Crippen LogP) is 6.61. The molecule has 0 radical (unpaired) electrons. The predicted molar refractivity (Wildman–Crippen MR) is 140 cm³/mol. The van der Waals surface area contributed by atoms with Crippen molar-refractivity contribution >= 4 is 45.7 Å². The van der Waals surface area contributed by atoms with Crippen molar-refractivity contribution in [2.24, 2.45) is 0 Å². The number of carboxylic acid groups (broad SMARTS) is 1. The van der Waals surface area contributed by atoms with Crippen LogP contribution in [0.3, 0.4) is 0 Å². The van der Waals surface area contributed by atoms with Crippen molar-refractivity contribution in [3.8, 4) is 22.4 Å². The fraction of sp³-hybridized carbons (Fsp3) is 0.0370. The van der Waals surface area contributed by atoms with Crippen LogP contribution in [0.4, 0.5) is 4.39 Å². The van der Waals surface area contributed by atoms with Gasteiger partial charge in [-0.2, -0.15) is 5.10 Å². The van der Waals surface area contributed by atoms with Gasteiger partial charge in [0.2, 0.25) is 0 Å². The number of imidazole rings is 1. The van der Waals surface area contributed by atoms with Crippen LogP contribution in [0, 0.1) is 5.82 Å². The molecule has 182 valence electrons. The van der Waals surface area contributed by atoms with Crippen LogP contribution in [-0.4, -0.2) is 35.2 Å². The molecular formula is C27H16Cl2FN5O2. The van der Waals surface area contributed by atoms with Crippen molar-refractivity contribution in [3.63, 3.8) is 0 Å². The molecule has 0 saturated carbocycles. The Hall–Kier alpha value is -4.27. The van der Waals surface area contributed by atoms with Gasteiger partial charge in [0, 0.05) is 46.9 Å². The lowest BCUT2D eigenvalue weighted by Gasteiger charge is -2.04. The highest BCUT2D eigenvalue weighted by Crippen LogP contribution is 2.35. The second-order valence-electron chi connectivity index (χ2n) is 8.47. The van der Waals surface area contributed by atoms with E-state index >= 15 is 0 Å². The van der Waals surface area contributed by atoms with E-state index in [0.29, 0.717) is 32.5 Å². The van der Waals surface area contributed by atoms with Crippen molar-refractivity contribution in [1.82, 2.24) is 24.1 Å². The van der Waals surface area contributed by atoms with E-state index in [1.165, 1.54) is 12.1 Å². The van der Waals surface area contributed by atoms with Gasteiger partial charge in [-0.1, -0.05) is 35.3 Å². The van der Waals surface area contributed by atoms with Gasteiger partial charge in [0.05, 0.1) is 39.6 Å². The van der Waals surface area contributed by atoms with Gasteiger partial charge < -0.3 is 9.51 Å². The maximum Gasteiger partial charge on any atom is 0.338 e. The SMILES string of the molecule is O=C(O)c1ccc(Cn2cc(-c3cnc4ccn5cc(-c6c(Cl)cccc6Cl)nc5c4c3)cn2)cc1F. The number of aromatic nitrogens is 5. The Morgan fingerprint density at radius 3 is 2.57 bits per heavy atom. The molecule has 1 N–H and O–H groups in total. The third-order valence-electron chi connectivity index (χ3n) is 6.08. The van der Waals surface area contributed by atoms with Crippen LogP contribution in [0.15, 0.2) is 79.5 Å². The maximum atomic E-state index is 14.1. The highest BCUT2D eigenvalue weighted by atomic mass is 35.5. The molecule has 0 aliphatic heterocycles. The molecule has 0 aliphatic carbocycles. The molecule has 10 heteroatoms. The summed E-state index contributed by atoms with van der Waals surface area (Å²) in [5.41, 5.74) is 4.69. The number of fused-ring (bicyclic) bond motifs is 3. The summed E-state index contributed by atoms with van der Waals surface area (Å²) in [5, 5.41) is 15.3. The Balaban J connectivity index is 1.36. The van der Waals surface area contributed by atoms with Gasteiger partial charge >= 0.3 is 5.97 Å². The molecule has 0 atom stereocenters. The van der Waals surface area contributed by atoms with Crippen molar-refractivity contribution < 1.29 is 14.3 Å². The van der Waals surface area contributed by atoms with Crippen molar-refractivity contribution in [2.45, 2.75) is 6.54 Å². The van der Waals surface area contributed by atoms with Gasteiger partial charge in [-0.3, -0.25) is 9.67 Å². The largest absolute Gasteiger partial charge is 0.478 e. The minimum atomic E-state index is -1.30. The molecule has 6 aromatic rings. The van der Waals surface area contributed by atoms with Crippen LogP contribution in [0.1, 0.15) is 15.9 Å². The Bertz CT molecular complexity index is 1830. The van der Waals surface area contributed by atoms with Crippen LogP contribution in [0.5, 0.6) is 0 Å². The zero-order valence-electron chi connectivity index (χ0n) is 18.9. The molecule has 0 amide bonds. The number of pyridine rings is 2. The smallest absolute Gasteiger partial charge is 0.338 e. The molecule has 0 fully saturated rings. The third-order valence-corrected chi connectivity index (χ3v) is 6.71. The topological polar surface area (TPSA) is 85.3 Å². The van der Waals surface area contributed by atoms with Crippen LogP contribution in [-0.2, 0) is 6.54 Å². The van der Waals surface area contributed by atoms with Crippen LogP contribution >= 0.6 is 23.2 Å². The number of aromatic carboxylic acids is 1. The molecule has 0 saturated heterocycles. The van der Waals surface area contributed by atoms with Gasteiger partial charge in [-0.15, -0.1) is 0 Å². The fourth-order valence-corrected chi connectivity index (χ4v) is 4.87. The zero-order valence-corrected chi connectivity index (χ0v) is 20.4. The fourth-order valence-electron chi connectivity index (χ4n) is 4.28. The maximum absolute atomic E-state index is 14.1. The molecular weight excluding hydrogens is 516 g/mol. The van der Waals surface area contributed by atoms with Crippen molar-refractivity contribution in [1.29, 1.82) is 0 Å². The Kier molecular flexibility index (Phi) is 5.62. The van der Waals surface area contributed by atoms with Crippen molar-refractivity contribution in [3.05, 3.63) is 107 Å². The highest BCUT2D eigenvalue weighted by molar-refractivity contribution is 6.39. The lowest BCUT2D eigenvalue weighted by molar-refractivity contribution is 0.0692. The summed E-state index contributed by atoms with van der Waals surface area (Å²) in [7, 11) is 0. The first kappa shape index (κ1) is 23.1. The van der Waals surface area contributed by atoms with E-state index < -0.39 is 11.8 Å². The standard InChI is InChI=1S/C27H16Cl2FN5O2/c28-20-2-1-3-21(29)25(20)24-14-34-7-6-23-19(26(34)33-24)9-16(10-31-23)17-11-32-35(13-17)12-15-4-5-18(27(36)37)22(30)8-15/h1-11,13-14H,12H2,(H,36,37). The van der Waals surface area contributed by atoms with Crippen LogP contribution in [0.25, 0.3) is 38.9 Å². The molecule has 0 bridgehead atoms. The molecule has 0 unspecified atom stereocenters. The summed E-state index contributed by atoms with van der Waals surface area (Å²) >= 11 is 12.8. The second kappa shape index (κ2) is 8.99. The average molecular weight is 532 g/mol. The molecule has 4 aromatic heterocycles. The minimum Gasteiger partial charge on any atom is -0.478 e. The van der Waals surface area contributed by atoms with Gasteiger partial charge in [-0.05, 0) is 42.0 Å². The van der Waals surface area contributed by atoms with Crippen LogP contribution < -0.4 is 0 Å². The number of hydrogen-bond acceptors (Lipinski definition) is 4. The number of rotatable bonds is 5. The molecule has 0 spiro atoms. The molecule has 2 aromatic carbocycles. The minimum absolute atomic E-state index is 0.282. The van der Waals surface area contributed by atoms with Gasteiger partial charge in [-0.25, -0.2) is 14.2 Å². The summed E-state index contributed by atoms with van der Waals surface area (Å²) in [6.45, 7) is 0.282. The van der Waals surface area contributed by atoms with E-state index in [9.17, 15) is 9.18 Å². The molecule has 0 aliphatic rings. The van der Waals surface area contributed by atoms with E-state index in [1.54, 1.807) is 41.3 Å². The third kappa shape index (κ3) is 4.20. The lowest BCUT2D eigenvalue weighted by atomic mass is 10.1. The highest BCUT2D eigenvalue weighted by Gasteiger charge is 2.15. The first-order valence-electron chi connectivity index (χ1n) is 11.1. The average Bonchev–Trinajstić information content (AvgIpc) is 3.51. The van der Waals surface area contributed by atoms with E-state index in [2.05, 4.69) is 10.1 Å². The quantitative estimate of drug-likeness (QED) is 0.270. The van der Waals surface area contributed by atoms with Crippen molar-refractivity contribution in [2.75, 3.05) is 0 Å². The second-order valence-corrected chi connectivity index (χ2v) is 9.29. The molecule has 7 nitrogen and oxygen atoms in total. The molecule has 37 heavy (non-hydrogen) atoms. The lowest BCUT2D eigenvalue weighted by Crippen LogP contribution is -2.04. The summed E-state index contributed by atoms with van der Waals surface area (Å²) in [4.78, 5) is 20.5. The Labute approximate surface area is 219 Å². The molecule has 6 rings (SSSR count). The van der Waals surface area contributed by atoms with E-state index in [0.717, 1.165) is 22.0 Å². The normalized spacial score (nSPS) is 11.4. The van der Waals surface area contributed by atoms with Gasteiger partial charge in [0.1, 0.15) is 11.5 Å². The zero-order chi connectivity index (χ0) is 25.7. The number of carbonyl (C=O) groups is 1. The number of hydrogen-bond donors (Lipinski definition) is 1. The summed E-state index contributed by atoms with van der Waals surface area (Å²) < 4.78 is 17.6. The number of halogens is 3. The number of nitrogens with zero attached hydrogens (tertiary/aromatic N) is 5. The van der Waals surface area contributed by atoms with E-state index in [4.69, 9.17) is 33.3 Å². The van der Waals surface area contributed by atoms with Crippen LogP contribution in [0.2, 0.25) is 10.0 Å². The molecule has 4 heterocycles. The number of carboxylic acids is 1. The van der Waals surface area contributed by atoms with Gasteiger partial charge in [0.15, 0.2) is 0 Å².